The number of aliphatic hydroxyl groups is 1. The van der Waals surface area contributed by atoms with Crippen LogP contribution in [0.3, 0.4) is 0 Å². The summed E-state index contributed by atoms with van der Waals surface area (Å²) in [6.45, 7) is 2.57. The second-order valence-corrected chi connectivity index (χ2v) is 6.87. The van der Waals surface area contributed by atoms with Gasteiger partial charge in [0.2, 0.25) is 15.9 Å². The highest BCUT2D eigenvalue weighted by atomic mass is 32.2. The largest absolute Gasteiger partial charge is 0.393 e. The molecule has 18 heavy (non-hydrogen) atoms. The predicted molar refractivity (Wildman–Crippen MR) is 68.5 cm³/mol. The first-order valence-corrected chi connectivity index (χ1v) is 8.06. The molecule has 1 amide bonds. The van der Waals surface area contributed by atoms with Crippen molar-refractivity contribution in [3.05, 3.63) is 0 Å². The Bertz CT molecular complexity index is 373. The van der Waals surface area contributed by atoms with Gasteiger partial charge in [-0.25, -0.2) is 12.7 Å². The first-order chi connectivity index (χ1) is 8.29. The highest BCUT2D eigenvalue weighted by Crippen LogP contribution is 2.13. The second-order valence-electron chi connectivity index (χ2n) is 4.89. The minimum absolute atomic E-state index is 0.0458. The van der Waals surface area contributed by atoms with Gasteiger partial charge in [-0.1, -0.05) is 0 Å². The van der Waals surface area contributed by atoms with E-state index >= 15 is 0 Å². The molecule has 1 unspecified atom stereocenters. The van der Waals surface area contributed by atoms with Gasteiger partial charge in [0.05, 0.1) is 12.4 Å². The molecule has 106 valence electrons. The molecule has 7 heteroatoms. The molecule has 0 aromatic carbocycles. The summed E-state index contributed by atoms with van der Waals surface area (Å²) in [5.74, 6) is -0.0753. The van der Waals surface area contributed by atoms with Gasteiger partial charge in [0.15, 0.2) is 0 Å². The number of rotatable bonds is 5. The van der Waals surface area contributed by atoms with Crippen LogP contribution in [0, 0.1) is 0 Å². The Morgan fingerprint density at radius 2 is 2.00 bits per heavy atom. The second kappa shape index (κ2) is 6.49. The fraction of sp³-hybridized carbons (Fsp3) is 0.909. The average Bonchev–Trinajstić information content (AvgIpc) is 2.26. The lowest BCUT2D eigenvalue weighted by atomic mass is 10.1. The quantitative estimate of drug-likeness (QED) is 0.722. The fourth-order valence-corrected chi connectivity index (χ4v) is 2.85. The summed E-state index contributed by atoms with van der Waals surface area (Å²) >= 11 is 0. The molecule has 0 spiro atoms. The monoisotopic (exact) mass is 278 g/mol. The van der Waals surface area contributed by atoms with E-state index in [1.807, 2.05) is 0 Å². The van der Waals surface area contributed by atoms with Crippen molar-refractivity contribution in [2.75, 3.05) is 19.3 Å². The molecule has 1 aliphatic heterocycles. The van der Waals surface area contributed by atoms with Crippen LogP contribution in [-0.2, 0) is 14.8 Å². The van der Waals surface area contributed by atoms with Gasteiger partial charge < -0.3 is 10.4 Å². The Morgan fingerprint density at radius 3 is 2.44 bits per heavy atom. The van der Waals surface area contributed by atoms with Gasteiger partial charge in [-0.15, -0.1) is 0 Å². The van der Waals surface area contributed by atoms with Crippen LogP contribution in [0.1, 0.15) is 32.6 Å². The van der Waals surface area contributed by atoms with Crippen molar-refractivity contribution in [3.63, 3.8) is 0 Å². The highest BCUT2D eigenvalue weighted by molar-refractivity contribution is 7.88. The maximum atomic E-state index is 11.5. The van der Waals surface area contributed by atoms with Crippen LogP contribution in [0.5, 0.6) is 0 Å². The SMILES string of the molecule is CC(O)CCC(=O)NC1CCN(S(C)(=O)=O)CC1. The topological polar surface area (TPSA) is 86.7 Å². The number of carbonyl (C=O) groups excluding carboxylic acids is 1. The van der Waals surface area contributed by atoms with Gasteiger partial charge >= 0.3 is 0 Å². The molecular formula is C11H22N2O4S. The summed E-state index contributed by atoms with van der Waals surface area (Å²) in [5, 5.41) is 12.0. The molecule has 0 aromatic heterocycles. The molecule has 6 nitrogen and oxygen atoms in total. The number of sulfonamides is 1. The Kier molecular flexibility index (Phi) is 5.55. The van der Waals surface area contributed by atoms with Crippen molar-refractivity contribution >= 4 is 15.9 Å². The molecule has 0 bridgehead atoms. The zero-order valence-corrected chi connectivity index (χ0v) is 11.7. The lowest BCUT2D eigenvalue weighted by molar-refractivity contribution is -0.122. The maximum Gasteiger partial charge on any atom is 0.220 e. The first-order valence-electron chi connectivity index (χ1n) is 6.21. The molecule has 1 rings (SSSR count). The smallest absolute Gasteiger partial charge is 0.220 e. The molecule has 1 atom stereocenters. The molecule has 0 saturated carbocycles. The third-order valence-electron chi connectivity index (χ3n) is 3.08. The van der Waals surface area contributed by atoms with Gasteiger partial charge in [-0.05, 0) is 26.2 Å². The number of hydrogen-bond donors (Lipinski definition) is 2. The zero-order chi connectivity index (χ0) is 13.8. The third kappa shape index (κ3) is 5.32. The number of hydrogen-bond acceptors (Lipinski definition) is 4. The van der Waals surface area contributed by atoms with Crippen LogP contribution >= 0.6 is 0 Å². The van der Waals surface area contributed by atoms with E-state index in [4.69, 9.17) is 5.11 Å². The van der Waals surface area contributed by atoms with Gasteiger partial charge in [0, 0.05) is 25.6 Å². The molecule has 1 fully saturated rings. The first kappa shape index (κ1) is 15.4. The molecule has 1 saturated heterocycles. The standard InChI is InChI=1S/C11H22N2O4S/c1-9(14)3-4-11(15)12-10-5-7-13(8-6-10)18(2,16)17/h9-10,14H,3-8H2,1-2H3,(H,12,15). The summed E-state index contributed by atoms with van der Waals surface area (Å²) < 4.78 is 24.0. The Balaban J connectivity index is 2.29. The van der Waals surface area contributed by atoms with E-state index in [1.54, 1.807) is 6.92 Å². The van der Waals surface area contributed by atoms with Gasteiger partial charge in [0.25, 0.3) is 0 Å². The van der Waals surface area contributed by atoms with Crippen molar-refractivity contribution in [1.29, 1.82) is 0 Å². The van der Waals surface area contributed by atoms with E-state index in [1.165, 1.54) is 10.6 Å². The molecule has 0 aliphatic carbocycles. The van der Waals surface area contributed by atoms with Crippen molar-refractivity contribution in [2.24, 2.45) is 0 Å². The number of nitrogens with one attached hydrogen (secondary N) is 1. The van der Waals surface area contributed by atoms with E-state index in [9.17, 15) is 13.2 Å². The zero-order valence-electron chi connectivity index (χ0n) is 10.9. The van der Waals surface area contributed by atoms with Crippen LogP contribution in [0.4, 0.5) is 0 Å². The minimum Gasteiger partial charge on any atom is -0.393 e. The number of aliphatic hydroxyl groups excluding tert-OH is 1. The van der Waals surface area contributed by atoms with Crippen LogP contribution in [0.15, 0.2) is 0 Å². The van der Waals surface area contributed by atoms with Crippen molar-refractivity contribution in [1.82, 2.24) is 9.62 Å². The minimum atomic E-state index is -3.11. The molecule has 0 radical (unpaired) electrons. The number of carbonyl (C=O) groups is 1. The number of nitrogens with zero attached hydrogens (tertiary/aromatic N) is 1. The average molecular weight is 278 g/mol. The summed E-state index contributed by atoms with van der Waals surface area (Å²) in [5.41, 5.74) is 0. The summed E-state index contributed by atoms with van der Waals surface area (Å²) in [4.78, 5) is 11.5. The van der Waals surface area contributed by atoms with E-state index < -0.39 is 16.1 Å². The highest BCUT2D eigenvalue weighted by Gasteiger charge is 2.25. The number of amides is 1. The van der Waals surface area contributed by atoms with E-state index in [-0.39, 0.29) is 11.9 Å². The third-order valence-corrected chi connectivity index (χ3v) is 4.38. The van der Waals surface area contributed by atoms with Gasteiger partial charge in [-0.2, -0.15) is 0 Å². The Labute approximate surface area is 108 Å². The summed E-state index contributed by atoms with van der Waals surface area (Å²) in [6, 6.07) is 0.0458. The molecular weight excluding hydrogens is 256 g/mol. The lowest BCUT2D eigenvalue weighted by Gasteiger charge is -2.30. The van der Waals surface area contributed by atoms with Crippen LogP contribution < -0.4 is 5.32 Å². The van der Waals surface area contributed by atoms with E-state index in [0.717, 1.165) is 0 Å². The van der Waals surface area contributed by atoms with Crippen molar-refractivity contribution in [3.8, 4) is 0 Å². The van der Waals surface area contributed by atoms with Crippen LogP contribution in [-0.4, -0.2) is 55.2 Å². The molecule has 0 aromatic rings. The van der Waals surface area contributed by atoms with E-state index in [2.05, 4.69) is 5.32 Å². The molecule has 1 heterocycles. The Hall–Kier alpha value is -0.660. The van der Waals surface area contributed by atoms with Crippen molar-refractivity contribution in [2.45, 2.75) is 44.8 Å². The Morgan fingerprint density at radius 1 is 1.44 bits per heavy atom. The fourth-order valence-electron chi connectivity index (χ4n) is 1.97. The van der Waals surface area contributed by atoms with Crippen LogP contribution in [0.25, 0.3) is 0 Å². The normalized spacial score (nSPS) is 20.6. The summed E-state index contributed by atoms with van der Waals surface area (Å²) in [7, 11) is -3.11. The predicted octanol–water partition coefficient (Wildman–Crippen LogP) is -0.312. The van der Waals surface area contributed by atoms with Gasteiger partial charge in [-0.3, -0.25) is 4.79 Å². The van der Waals surface area contributed by atoms with Crippen molar-refractivity contribution < 1.29 is 18.3 Å². The van der Waals surface area contributed by atoms with E-state index in [0.29, 0.717) is 38.8 Å². The summed E-state index contributed by atoms with van der Waals surface area (Å²) in [6.07, 6.45) is 2.79. The molecule has 2 N–H and O–H groups in total. The van der Waals surface area contributed by atoms with Gasteiger partial charge in [0.1, 0.15) is 0 Å². The number of piperidine rings is 1. The van der Waals surface area contributed by atoms with Crippen LogP contribution in [0.2, 0.25) is 0 Å². The lowest BCUT2D eigenvalue weighted by Crippen LogP contribution is -2.46. The maximum absolute atomic E-state index is 11.5. The molecule has 1 aliphatic rings.